The van der Waals surface area contributed by atoms with Gasteiger partial charge in [-0.1, -0.05) is 15.9 Å². The van der Waals surface area contributed by atoms with Crippen LogP contribution in [-0.2, 0) is 11.8 Å². The summed E-state index contributed by atoms with van der Waals surface area (Å²) >= 11 is 3.14. The summed E-state index contributed by atoms with van der Waals surface area (Å²) < 4.78 is 30.5. The smallest absolute Gasteiger partial charge is 0.264 e. The van der Waals surface area contributed by atoms with Gasteiger partial charge in [-0.15, -0.1) is 0 Å². The lowest BCUT2D eigenvalue weighted by molar-refractivity contribution is 0.149. The maximum atomic E-state index is 12.8. The van der Waals surface area contributed by atoms with E-state index in [4.69, 9.17) is 10.00 Å². The Morgan fingerprint density at radius 2 is 2.31 bits per heavy atom. The van der Waals surface area contributed by atoms with Crippen molar-refractivity contribution in [1.82, 2.24) is 4.98 Å². The van der Waals surface area contributed by atoms with Crippen LogP contribution in [0.5, 0.6) is 5.88 Å². The van der Waals surface area contributed by atoms with Gasteiger partial charge >= 0.3 is 0 Å². The van der Waals surface area contributed by atoms with Gasteiger partial charge in [0.05, 0.1) is 25.3 Å². The van der Waals surface area contributed by atoms with Crippen molar-refractivity contribution in [2.45, 2.75) is 18.2 Å². The van der Waals surface area contributed by atoms with Crippen LogP contribution < -0.4 is 4.74 Å². The summed E-state index contributed by atoms with van der Waals surface area (Å²) in [5, 5.41) is 8.94. The van der Waals surface area contributed by atoms with Crippen molar-refractivity contribution < 1.29 is 13.5 Å². The summed E-state index contributed by atoms with van der Waals surface area (Å²) in [5.74, 6) is 0.0915. The van der Waals surface area contributed by atoms with Crippen molar-refractivity contribution in [2.75, 3.05) is 7.11 Å². The molecule has 1 heterocycles. The van der Waals surface area contributed by atoms with Crippen LogP contribution in [0.25, 0.3) is 0 Å². The fraction of sp³-hybridized carbons (Fsp3) is 0.400. The standard InChI is InChI=1S/C10H9BrF2N2O/c1-16-10-7(2-3-14)8(9(12)13)4-6(5-11)15-10/h4,9H,2,5H2,1H3. The summed E-state index contributed by atoms with van der Waals surface area (Å²) in [5.41, 5.74) is 0.418. The molecule has 1 rings (SSSR count). The van der Waals surface area contributed by atoms with Crippen molar-refractivity contribution in [3.05, 3.63) is 22.9 Å². The molecule has 0 atom stereocenters. The highest BCUT2D eigenvalue weighted by Crippen LogP contribution is 2.30. The minimum Gasteiger partial charge on any atom is -0.481 e. The Bertz CT molecular complexity index is 418. The molecule has 0 spiro atoms. The molecule has 0 bridgehead atoms. The fourth-order valence-electron chi connectivity index (χ4n) is 1.31. The Balaban J connectivity index is 3.36. The zero-order chi connectivity index (χ0) is 12.1. The van der Waals surface area contributed by atoms with Gasteiger partial charge in [0.1, 0.15) is 0 Å². The number of methoxy groups -OCH3 is 1. The van der Waals surface area contributed by atoms with Crippen LogP contribution >= 0.6 is 15.9 Å². The number of pyridine rings is 1. The number of halogens is 3. The van der Waals surface area contributed by atoms with Crippen LogP contribution in [0, 0.1) is 11.3 Å². The minimum atomic E-state index is -2.64. The maximum Gasteiger partial charge on any atom is 0.264 e. The van der Waals surface area contributed by atoms with Crippen LogP contribution in [-0.4, -0.2) is 12.1 Å². The van der Waals surface area contributed by atoms with Crippen LogP contribution in [0.15, 0.2) is 6.07 Å². The molecular formula is C10H9BrF2N2O. The van der Waals surface area contributed by atoms with Crippen LogP contribution in [0.3, 0.4) is 0 Å². The van der Waals surface area contributed by atoms with Crippen molar-refractivity contribution in [3.8, 4) is 11.9 Å². The highest BCUT2D eigenvalue weighted by Gasteiger charge is 2.19. The van der Waals surface area contributed by atoms with E-state index < -0.39 is 6.43 Å². The summed E-state index contributed by atoms with van der Waals surface area (Å²) in [6, 6.07) is 3.11. The third-order valence-corrected chi connectivity index (χ3v) is 2.57. The topological polar surface area (TPSA) is 45.9 Å². The lowest BCUT2D eigenvalue weighted by Gasteiger charge is -2.11. The van der Waals surface area contributed by atoms with Crippen molar-refractivity contribution in [3.63, 3.8) is 0 Å². The molecule has 16 heavy (non-hydrogen) atoms. The second kappa shape index (κ2) is 5.75. The predicted molar refractivity (Wildman–Crippen MR) is 57.7 cm³/mol. The SMILES string of the molecule is COc1nc(CBr)cc(C(F)F)c1CC#N. The molecule has 0 unspecified atom stereocenters. The van der Waals surface area contributed by atoms with Crippen LogP contribution in [0.4, 0.5) is 8.78 Å². The number of nitriles is 1. The average molecular weight is 291 g/mol. The van der Waals surface area contributed by atoms with Crippen LogP contribution in [0.2, 0.25) is 0 Å². The quantitative estimate of drug-likeness (QED) is 0.801. The van der Waals surface area contributed by atoms with Gasteiger partial charge in [-0.05, 0) is 6.07 Å². The molecule has 0 saturated heterocycles. The number of hydrogen-bond acceptors (Lipinski definition) is 3. The van der Waals surface area contributed by atoms with Crippen LogP contribution in [0.1, 0.15) is 23.2 Å². The third-order valence-electron chi connectivity index (χ3n) is 2.00. The van der Waals surface area contributed by atoms with E-state index in [1.807, 2.05) is 6.07 Å². The normalized spacial score (nSPS) is 10.2. The minimum absolute atomic E-state index is 0.0915. The maximum absolute atomic E-state index is 12.8. The first kappa shape index (κ1) is 12.8. The molecule has 86 valence electrons. The van der Waals surface area contributed by atoms with Gasteiger partial charge in [0, 0.05) is 16.5 Å². The Hall–Kier alpha value is -1.22. The first-order valence-corrected chi connectivity index (χ1v) is 5.54. The Labute approximate surface area is 100 Å². The fourth-order valence-corrected chi connectivity index (χ4v) is 1.60. The van der Waals surface area contributed by atoms with Gasteiger partial charge in [0.2, 0.25) is 5.88 Å². The zero-order valence-electron chi connectivity index (χ0n) is 8.51. The number of nitrogens with zero attached hydrogens (tertiary/aromatic N) is 2. The number of hydrogen-bond donors (Lipinski definition) is 0. The highest BCUT2D eigenvalue weighted by molar-refractivity contribution is 9.08. The molecule has 0 radical (unpaired) electrons. The van der Waals surface area contributed by atoms with E-state index >= 15 is 0 Å². The van der Waals surface area contributed by atoms with E-state index in [0.717, 1.165) is 0 Å². The molecule has 1 aromatic rings. The molecule has 0 fully saturated rings. The molecule has 3 nitrogen and oxygen atoms in total. The summed E-state index contributed by atoms with van der Waals surface area (Å²) in [4.78, 5) is 4.02. The van der Waals surface area contributed by atoms with E-state index in [1.165, 1.54) is 13.2 Å². The number of alkyl halides is 3. The number of ether oxygens (including phenoxy) is 1. The van der Waals surface area contributed by atoms with E-state index in [0.29, 0.717) is 11.0 Å². The lowest BCUT2D eigenvalue weighted by Crippen LogP contribution is -2.03. The first-order chi connectivity index (χ1) is 7.63. The molecule has 0 amide bonds. The highest BCUT2D eigenvalue weighted by atomic mass is 79.9. The second-order valence-corrected chi connectivity index (χ2v) is 3.52. The largest absolute Gasteiger partial charge is 0.481 e. The van der Waals surface area contributed by atoms with Gasteiger partial charge in [-0.25, -0.2) is 13.8 Å². The summed E-state index contributed by atoms with van der Waals surface area (Å²) in [6.45, 7) is 0. The van der Waals surface area contributed by atoms with E-state index in [-0.39, 0.29) is 23.4 Å². The molecule has 0 N–H and O–H groups in total. The molecule has 0 aliphatic heterocycles. The van der Waals surface area contributed by atoms with Crippen molar-refractivity contribution in [1.29, 1.82) is 5.26 Å². The van der Waals surface area contributed by atoms with E-state index in [1.54, 1.807) is 0 Å². The Kier molecular flexibility index (Phi) is 4.62. The number of rotatable bonds is 4. The van der Waals surface area contributed by atoms with E-state index in [9.17, 15) is 8.78 Å². The molecule has 0 aromatic carbocycles. The van der Waals surface area contributed by atoms with Gasteiger partial charge < -0.3 is 4.74 Å². The van der Waals surface area contributed by atoms with Crippen molar-refractivity contribution >= 4 is 15.9 Å². The summed E-state index contributed by atoms with van der Waals surface area (Å²) in [6.07, 6.45) is -2.78. The lowest BCUT2D eigenvalue weighted by atomic mass is 10.1. The molecular weight excluding hydrogens is 282 g/mol. The third kappa shape index (κ3) is 2.67. The molecule has 1 aromatic heterocycles. The average Bonchev–Trinajstić information content (AvgIpc) is 2.29. The van der Waals surface area contributed by atoms with Gasteiger partial charge in [0.25, 0.3) is 6.43 Å². The molecule has 0 aliphatic rings. The first-order valence-electron chi connectivity index (χ1n) is 4.41. The monoisotopic (exact) mass is 290 g/mol. The van der Waals surface area contributed by atoms with Gasteiger partial charge in [-0.3, -0.25) is 0 Å². The van der Waals surface area contributed by atoms with E-state index in [2.05, 4.69) is 20.9 Å². The van der Waals surface area contributed by atoms with Gasteiger partial charge in [-0.2, -0.15) is 5.26 Å². The van der Waals surface area contributed by atoms with Crippen molar-refractivity contribution in [2.24, 2.45) is 0 Å². The Morgan fingerprint density at radius 1 is 1.62 bits per heavy atom. The summed E-state index contributed by atoms with van der Waals surface area (Å²) in [7, 11) is 1.34. The molecule has 0 aliphatic carbocycles. The molecule has 0 saturated carbocycles. The predicted octanol–water partition coefficient (Wildman–Crippen LogP) is 2.99. The van der Waals surface area contributed by atoms with Gasteiger partial charge in [0.15, 0.2) is 0 Å². The molecule has 6 heteroatoms. The zero-order valence-corrected chi connectivity index (χ0v) is 10.1. The second-order valence-electron chi connectivity index (χ2n) is 2.96. The Morgan fingerprint density at radius 3 is 2.75 bits per heavy atom. The number of aromatic nitrogens is 1.